The highest BCUT2D eigenvalue weighted by molar-refractivity contribution is 6.36. The van der Waals surface area contributed by atoms with Gasteiger partial charge in [-0.1, -0.05) is 42.8 Å². The van der Waals surface area contributed by atoms with E-state index in [-0.39, 0.29) is 5.92 Å². The summed E-state index contributed by atoms with van der Waals surface area (Å²) in [6, 6.07) is 15.5. The van der Waals surface area contributed by atoms with E-state index in [2.05, 4.69) is 27.8 Å². The lowest BCUT2D eigenvalue weighted by molar-refractivity contribution is -0.137. The normalized spacial score (nSPS) is 12.7. The van der Waals surface area contributed by atoms with E-state index in [1.807, 2.05) is 53.1 Å². The van der Waals surface area contributed by atoms with E-state index in [0.717, 1.165) is 73.9 Å². The number of rotatable bonds is 6. The number of aromatic nitrogens is 4. The highest BCUT2D eigenvalue weighted by Gasteiger charge is 2.30. The Balaban J connectivity index is 1.65. The van der Waals surface area contributed by atoms with Crippen LogP contribution in [0.3, 0.4) is 0 Å². The molecular formula is C32H30ClF3N4. The molecule has 5 aromatic rings. The maximum Gasteiger partial charge on any atom is 0.416 e. The first kappa shape index (κ1) is 27.8. The molecule has 0 spiro atoms. The van der Waals surface area contributed by atoms with Crippen LogP contribution in [0, 0.1) is 20.8 Å². The van der Waals surface area contributed by atoms with Crippen LogP contribution in [0.25, 0.3) is 10.9 Å². The van der Waals surface area contributed by atoms with Crippen LogP contribution in [0.4, 0.5) is 13.2 Å². The molecule has 0 aliphatic carbocycles. The quantitative estimate of drug-likeness (QED) is 0.209. The Hall–Kier alpha value is -3.71. The van der Waals surface area contributed by atoms with Gasteiger partial charge in [-0.25, -0.2) is 4.98 Å². The van der Waals surface area contributed by atoms with Crippen LogP contribution in [0.2, 0.25) is 5.02 Å². The van der Waals surface area contributed by atoms with Gasteiger partial charge in [-0.15, -0.1) is 0 Å². The number of halogens is 4. The predicted molar refractivity (Wildman–Crippen MR) is 153 cm³/mol. The molecule has 4 nitrogen and oxygen atoms in total. The van der Waals surface area contributed by atoms with Crippen molar-refractivity contribution in [3.05, 3.63) is 122 Å². The van der Waals surface area contributed by atoms with E-state index < -0.39 is 11.7 Å². The SMILES string of the molecule is CCc1nc2ccc(C(c3ccc(C)nc3C)c3cnc(C)n3C)cc2c(Cl)c1Cc1ccc(C(F)(F)F)cc1. The van der Waals surface area contributed by atoms with Crippen molar-refractivity contribution in [2.75, 3.05) is 0 Å². The summed E-state index contributed by atoms with van der Waals surface area (Å²) in [7, 11) is 2.01. The molecule has 0 N–H and O–H groups in total. The summed E-state index contributed by atoms with van der Waals surface area (Å²) >= 11 is 7.09. The van der Waals surface area contributed by atoms with Gasteiger partial charge in [-0.3, -0.25) is 9.97 Å². The predicted octanol–water partition coefficient (Wildman–Crippen LogP) is 8.29. The summed E-state index contributed by atoms with van der Waals surface area (Å²) in [6.45, 7) is 7.97. The van der Waals surface area contributed by atoms with Crippen molar-refractivity contribution in [2.24, 2.45) is 7.05 Å². The Kier molecular flexibility index (Phi) is 7.44. The number of alkyl halides is 3. The zero-order valence-electron chi connectivity index (χ0n) is 23.1. The number of hydrogen-bond donors (Lipinski definition) is 0. The van der Waals surface area contributed by atoms with E-state index in [0.29, 0.717) is 17.9 Å². The second kappa shape index (κ2) is 10.7. The molecule has 206 valence electrons. The van der Waals surface area contributed by atoms with E-state index in [1.54, 1.807) is 0 Å². The number of aryl methyl sites for hydroxylation is 4. The topological polar surface area (TPSA) is 43.6 Å². The lowest BCUT2D eigenvalue weighted by Crippen LogP contribution is -2.12. The third-order valence-electron chi connectivity index (χ3n) is 7.59. The zero-order valence-corrected chi connectivity index (χ0v) is 23.8. The van der Waals surface area contributed by atoms with Crippen molar-refractivity contribution in [1.29, 1.82) is 0 Å². The number of fused-ring (bicyclic) bond motifs is 1. The Bertz CT molecular complexity index is 1700. The maximum absolute atomic E-state index is 13.1. The fourth-order valence-corrected chi connectivity index (χ4v) is 5.62. The van der Waals surface area contributed by atoms with Gasteiger partial charge in [-0.05, 0) is 79.8 Å². The van der Waals surface area contributed by atoms with Crippen LogP contribution in [0.5, 0.6) is 0 Å². The van der Waals surface area contributed by atoms with Crippen molar-refractivity contribution in [1.82, 2.24) is 19.5 Å². The van der Waals surface area contributed by atoms with Crippen LogP contribution in [-0.4, -0.2) is 19.5 Å². The molecule has 40 heavy (non-hydrogen) atoms. The Morgan fingerprint density at radius 3 is 2.27 bits per heavy atom. The summed E-state index contributed by atoms with van der Waals surface area (Å²) in [4.78, 5) is 14.2. The molecule has 5 rings (SSSR count). The minimum Gasteiger partial charge on any atom is -0.334 e. The fraction of sp³-hybridized carbons (Fsp3) is 0.281. The smallest absolute Gasteiger partial charge is 0.334 e. The molecule has 0 bridgehead atoms. The van der Waals surface area contributed by atoms with E-state index in [4.69, 9.17) is 21.6 Å². The first-order valence-corrected chi connectivity index (χ1v) is 13.5. The van der Waals surface area contributed by atoms with Gasteiger partial charge in [0.2, 0.25) is 0 Å². The largest absolute Gasteiger partial charge is 0.416 e. The van der Waals surface area contributed by atoms with Gasteiger partial charge in [0, 0.05) is 47.8 Å². The first-order chi connectivity index (χ1) is 19.0. The summed E-state index contributed by atoms with van der Waals surface area (Å²) < 4.78 is 41.3. The van der Waals surface area contributed by atoms with E-state index in [9.17, 15) is 13.2 Å². The van der Waals surface area contributed by atoms with E-state index >= 15 is 0 Å². The number of pyridine rings is 2. The molecular weight excluding hydrogens is 533 g/mol. The summed E-state index contributed by atoms with van der Waals surface area (Å²) in [6.07, 6.45) is -1.43. The van der Waals surface area contributed by atoms with Crippen molar-refractivity contribution < 1.29 is 13.2 Å². The van der Waals surface area contributed by atoms with Crippen LogP contribution < -0.4 is 0 Å². The number of imidazole rings is 1. The highest BCUT2D eigenvalue weighted by Crippen LogP contribution is 2.38. The molecule has 3 aromatic heterocycles. The van der Waals surface area contributed by atoms with Gasteiger partial charge in [0.05, 0.1) is 22.0 Å². The average Bonchev–Trinajstić information content (AvgIpc) is 3.24. The van der Waals surface area contributed by atoms with Gasteiger partial charge in [-0.2, -0.15) is 13.2 Å². The Morgan fingerprint density at radius 1 is 0.950 bits per heavy atom. The molecule has 8 heteroatoms. The minimum atomic E-state index is -4.38. The highest BCUT2D eigenvalue weighted by atomic mass is 35.5. The molecule has 2 aromatic carbocycles. The van der Waals surface area contributed by atoms with E-state index in [1.165, 1.54) is 12.1 Å². The molecule has 3 heterocycles. The minimum absolute atomic E-state index is 0.135. The molecule has 0 fully saturated rings. The van der Waals surface area contributed by atoms with Crippen molar-refractivity contribution in [3.8, 4) is 0 Å². The summed E-state index contributed by atoms with van der Waals surface area (Å²) in [5.41, 5.74) is 7.54. The molecule has 0 radical (unpaired) electrons. The summed E-state index contributed by atoms with van der Waals surface area (Å²) in [5.74, 6) is 0.772. The monoisotopic (exact) mass is 562 g/mol. The third-order valence-corrected chi connectivity index (χ3v) is 8.02. The number of benzene rings is 2. The van der Waals surface area contributed by atoms with Crippen LogP contribution >= 0.6 is 11.6 Å². The number of nitrogens with zero attached hydrogens (tertiary/aromatic N) is 4. The molecule has 0 aliphatic rings. The maximum atomic E-state index is 13.1. The average molecular weight is 563 g/mol. The Labute approximate surface area is 236 Å². The Morgan fingerprint density at radius 2 is 1.68 bits per heavy atom. The van der Waals surface area contributed by atoms with Crippen molar-refractivity contribution in [2.45, 2.75) is 52.6 Å². The van der Waals surface area contributed by atoms with Gasteiger partial charge < -0.3 is 4.57 Å². The van der Waals surface area contributed by atoms with Gasteiger partial charge in [0.25, 0.3) is 0 Å². The molecule has 0 amide bonds. The van der Waals surface area contributed by atoms with Crippen LogP contribution in [0.15, 0.2) is 60.8 Å². The fourth-order valence-electron chi connectivity index (χ4n) is 5.30. The lowest BCUT2D eigenvalue weighted by Gasteiger charge is -2.22. The van der Waals surface area contributed by atoms with Crippen molar-refractivity contribution >= 4 is 22.5 Å². The molecule has 1 unspecified atom stereocenters. The molecule has 0 saturated carbocycles. The van der Waals surface area contributed by atoms with Gasteiger partial charge in [0.15, 0.2) is 0 Å². The van der Waals surface area contributed by atoms with Gasteiger partial charge >= 0.3 is 6.18 Å². The summed E-state index contributed by atoms with van der Waals surface area (Å²) in [5, 5.41) is 1.38. The second-order valence-electron chi connectivity index (χ2n) is 10.2. The third kappa shape index (κ3) is 5.22. The van der Waals surface area contributed by atoms with Crippen molar-refractivity contribution in [3.63, 3.8) is 0 Å². The zero-order chi connectivity index (χ0) is 28.8. The van der Waals surface area contributed by atoms with Gasteiger partial charge in [0.1, 0.15) is 5.82 Å². The molecule has 0 aliphatic heterocycles. The molecule has 0 saturated heterocycles. The standard InChI is InChI=1S/C32H30ClF3N4/c1-6-27-25(15-21-8-11-23(12-9-21)32(34,35)36)31(33)26-16-22(10-14-28(26)39-27)30(29-17-37-20(4)40(29)5)24-13-7-18(2)38-19(24)3/h7-14,16-17,30H,6,15H2,1-5H3. The molecule has 1 atom stereocenters. The lowest BCUT2D eigenvalue weighted by atomic mass is 9.86. The number of hydrogen-bond acceptors (Lipinski definition) is 3. The first-order valence-electron chi connectivity index (χ1n) is 13.2. The van der Waals surface area contributed by atoms with Crippen LogP contribution in [0.1, 0.15) is 69.3 Å². The van der Waals surface area contributed by atoms with Crippen LogP contribution in [-0.2, 0) is 26.1 Å². The second-order valence-corrected chi connectivity index (χ2v) is 10.6.